The number of fused-ring (bicyclic) bond motifs is 1. The minimum Gasteiger partial charge on any atom is -0.422 e. The lowest BCUT2D eigenvalue weighted by atomic mass is 10.1. The van der Waals surface area contributed by atoms with Crippen molar-refractivity contribution in [3.8, 4) is 17.3 Å². The third kappa shape index (κ3) is 3.54. The first-order chi connectivity index (χ1) is 13.6. The number of allylic oxidation sites excluding steroid dienone is 1. The van der Waals surface area contributed by atoms with E-state index in [1.165, 1.54) is 29.7 Å². The Morgan fingerprint density at radius 2 is 2.00 bits per heavy atom. The number of anilines is 1. The monoisotopic (exact) mass is 389 g/mol. The van der Waals surface area contributed by atoms with Crippen molar-refractivity contribution in [2.75, 3.05) is 5.32 Å². The molecule has 0 radical (unpaired) electrons. The lowest BCUT2D eigenvalue weighted by Crippen LogP contribution is -2.02. The van der Waals surface area contributed by atoms with Gasteiger partial charge in [0.25, 0.3) is 0 Å². The molecule has 2 heterocycles. The van der Waals surface area contributed by atoms with E-state index in [2.05, 4.69) is 16.4 Å². The van der Waals surface area contributed by atoms with Gasteiger partial charge in [-0.3, -0.25) is 0 Å². The lowest BCUT2D eigenvalue weighted by molar-refractivity contribution is 0.563. The van der Waals surface area contributed by atoms with Gasteiger partial charge in [0.15, 0.2) is 0 Å². The Morgan fingerprint density at radius 3 is 2.79 bits per heavy atom. The van der Waals surface area contributed by atoms with Crippen molar-refractivity contribution in [3.05, 3.63) is 87.4 Å². The van der Waals surface area contributed by atoms with E-state index in [0.29, 0.717) is 33.1 Å². The third-order valence-electron chi connectivity index (χ3n) is 4.00. The predicted molar refractivity (Wildman–Crippen MR) is 107 cm³/mol. The molecular formula is C21H12FN3O2S. The smallest absolute Gasteiger partial charge is 0.345 e. The Bertz CT molecular complexity index is 1280. The van der Waals surface area contributed by atoms with Gasteiger partial charge in [-0.1, -0.05) is 18.2 Å². The predicted octanol–water partition coefficient (Wildman–Crippen LogP) is 5.03. The minimum absolute atomic E-state index is 0.297. The number of rotatable bonds is 4. The van der Waals surface area contributed by atoms with E-state index >= 15 is 0 Å². The normalized spacial score (nSPS) is 11.4. The number of nitriles is 1. The van der Waals surface area contributed by atoms with Gasteiger partial charge in [-0.05, 0) is 36.4 Å². The first-order valence-corrected chi connectivity index (χ1v) is 9.13. The summed E-state index contributed by atoms with van der Waals surface area (Å²) in [7, 11) is 0. The van der Waals surface area contributed by atoms with Crippen LogP contribution in [0.5, 0.6) is 0 Å². The van der Waals surface area contributed by atoms with E-state index in [1.807, 2.05) is 12.1 Å². The van der Waals surface area contributed by atoms with Crippen LogP contribution >= 0.6 is 11.3 Å². The SMILES string of the molecule is N#CC(=CNc1ccc(F)cc1)c1nc(-c2cc3ccccc3oc2=O)cs1. The summed E-state index contributed by atoms with van der Waals surface area (Å²) in [6, 6.07) is 16.8. The molecule has 4 rings (SSSR count). The van der Waals surface area contributed by atoms with Gasteiger partial charge in [0.1, 0.15) is 28.1 Å². The van der Waals surface area contributed by atoms with Gasteiger partial charge < -0.3 is 9.73 Å². The Hall–Kier alpha value is -3.76. The highest BCUT2D eigenvalue weighted by Crippen LogP contribution is 2.26. The maximum atomic E-state index is 13.0. The molecule has 0 spiro atoms. The van der Waals surface area contributed by atoms with Crippen LogP contribution in [-0.4, -0.2) is 4.98 Å². The molecule has 1 N–H and O–H groups in total. The summed E-state index contributed by atoms with van der Waals surface area (Å²) in [5.74, 6) is -0.339. The van der Waals surface area contributed by atoms with Crippen LogP contribution in [0.15, 0.2) is 75.4 Å². The van der Waals surface area contributed by atoms with Crippen LogP contribution in [0.2, 0.25) is 0 Å². The summed E-state index contributed by atoms with van der Waals surface area (Å²) in [5.41, 5.74) is 1.74. The number of nitrogens with one attached hydrogen (secondary N) is 1. The molecule has 0 aliphatic rings. The van der Waals surface area contributed by atoms with E-state index in [0.717, 1.165) is 5.39 Å². The van der Waals surface area contributed by atoms with Crippen molar-refractivity contribution >= 4 is 33.6 Å². The van der Waals surface area contributed by atoms with Gasteiger partial charge in [-0.2, -0.15) is 5.26 Å². The van der Waals surface area contributed by atoms with Crippen molar-refractivity contribution in [2.24, 2.45) is 0 Å². The van der Waals surface area contributed by atoms with Crippen LogP contribution < -0.4 is 10.9 Å². The minimum atomic E-state index is -0.484. The average Bonchev–Trinajstić information content (AvgIpc) is 3.19. The molecule has 4 aromatic rings. The molecule has 0 aliphatic carbocycles. The highest BCUT2D eigenvalue weighted by Gasteiger charge is 2.13. The maximum Gasteiger partial charge on any atom is 0.345 e. The summed E-state index contributed by atoms with van der Waals surface area (Å²) in [5, 5.41) is 15.3. The standard InChI is InChI=1S/C21H12FN3O2S/c22-15-5-7-16(8-6-15)24-11-14(10-23)20-25-18(12-28-20)17-9-13-3-1-2-4-19(13)27-21(17)26/h1-9,11-12,24H. The molecule has 0 bridgehead atoms. The number of benzene rings is 2. The molecule has 0 unspecified atom stereocenters. The number of hydrogen-bond donors (Lipinski definition) is 1. The second-order valence-corrected chi connectivity index (χ2v) is 6.70. The lowest BCUT2D eigenvalue weighted by Gasteiger charge is -2.01. The van der Waals surface area contributed by atoms with Gasteiger partial charge in [0.2, 0.25) is 0 Å². The number of thiazole rings is 1. The molecule has 0 atom stereocenters. The van der Waals surface area contributed by atoms with Crippen LogP contribution in [-0.2, 0) is 0 Å². The van der Waals surface area contributed by atoms with Crippen molar-refractivity contribution in [2.45, 2.75) is 0 Å². The summed E-state index contributed by atoms with van der Waals surface area (Å²) < 4.78 is 18.3. The zero-order valence-electron chi connectivity index (χ0n) is 14.3. The average molecular weight is 389 g/mol. The second kappa shape index (κ2) is 7.47. The zero-order chi connectivity index (χ0) is 19.5. The van der Waals surface area contributed by atoms with Gasteiger partial charge in [0.05, 0.1) is 11.3 Å². The van der Waals surface area contributed by atoms with Crippen molar-refractivity contribution < 1.29 is 8.81 Å². The molecule has 28 heavy (non-hydrogen) atoms. The fourth-order valence-corrected chi connectivity index (χ4v) is 3.39. The second-order valence-electron chi connectivity index (χ2n) is 5.84. The molecule has 0 saturated heterocycles. The summed E-state index contributed by atoms with van der Waals surface area (Å²) in [6.07, 6.45) is 1.50. The summed E-state index contributed by atoms with van der Waals surface area (Å²) >= 11 is 1.25. The number of hydrogen-bond acceptors (Lipinski definition) is 6. The van der Waals surface area contributed by atoms with Crippen molar-refractivity contribution in [1.82, 2.24) is 4.98 Å². The highest BCUT2D eigenvalue weighted by atomic mass is 32.1. The molecule has 7 heteroatoms. The van der Waals surface area contributed by atoms with E-state index < -0.39 is 5.63 Å². The van der Waals surface area contributed by atoms with E-state index in [1.54, 1.807) is 35.7 Å². The number of para-hydroxylation sites is 1. The topological polar surface area (TPSA) is 78.9 Å². The Kier molecular flexibility index (Phi) is 4.70. The van der Waals surface area contributed by atoms with Crippen LogP contribution in [0, 0.1) is 17.1 Å². The van der Waals surface area contributed by atoms with Crippen molar-refractivity contribution in [1.29, 1.82) is 5.26 Å². The maximum absolute atomic E-state index is 13.0. The third-order valence-corrected chi connectivity index (χ3v) is 4.88. The molecular weight excluding hydrogens is 377 g/mol. The molecule has 136 valence electrons. The first kappa shape index (κ1) is 17.6. The molecule has 2 aromatic carbocycles. The largest absolute Gasteiger partial charge is 0.422 e. The van der Waals surface area contributed by atoms with Crippen LogP contribution in [0.25, 0.3) is 27.8 Å². The Morgan fingerprint density at radius 1 is 1.21 bits per heavy atom. The van der Waals surface area contributed by atoms with Gasteiger partial charge in [-0.15, -0.1) is 11.3 Å². The van der Waals surface area contributed by atoms with E-state index in [9.17, 15) is 14.4 Å². The molecule has 0 fully saturated rings. The Labute approximate surface area is 163 Å². The molecule has 2 aromatic heterocycles. The van der Waals surface area contributed by atoms with Crippen LogP contribution in [0.4, 0.5) is 10.1 Å². The van der Waals surface area contributed by atoms with E-state index in [-0.39, 0.29) is 5.82 Å². The van der Waals surface area contributed by atoms with E-state index in [4.69, 9.17) is 4.42 Å². The Balaban J connectivity index is 1.65. The number of halogens is 1. The molecule has 0 aliphatic heterocycles. The zero-order valence-corrected chi connectivity index (χ0v) is 15.2. The summed E-state index contributed by atoms with van der Waals surface area (Å²) in [6.45, 7) is 0. The number of aromatic nitrogens is 1. The quantitative estimate of drug-likeness (QED) is 0.391. The van der Waals surface area contributed by atoms with Crippen LogP contribution in [0.1, 0.15) is 5.01 Å². The molecule has 0 amide bonds. The van der Waals surface area contributed by atoms with Crippen molar-refractivity contribution in [3.63, 3.8) is 0 Å². The summed E-state index contributed by atoms with van der Waals surface area (Å²) in [4.78, 5) is 16.7. The fourth-order valence-electron chi connectivity index (χ4n) is 2.61. The fraction of sp³-hybridized carbons (Fsp3) is 0. The van der Waals surface area contributed by atoms with Gasteiger partial charge in [-0.25, -0.2) is 14.2 Å². The first-order valence-electron chi connectivity index (χ1n) is 8.25. The molecule has 5 nitrogen and oxygen atoms in total. The highest BCUT2D eigenvalue weighted by molar-refractivity contribution is 7.11. The van der Waals surface area contributed by atoms with Gasteiger partial charge in [0, 0.05) is 22.7 Å². The number of nitrogens with zero attached hydrogens (tertiary/aromatic N) is 2. The van der Waals surface area contributed by atoms with Crippen LogP contribution in [0.3, 0.4) is 0 Å². The van der Waals surface area contributed by atoms with Gasteiger partial charge >= 0.3 is 5.63 Å². The molecule has 0 saturated carbocycles.